The third-order valence-electron chi connectivity index (χ3n) is 6.00. The number of nitrogens with zero attached hydrogens (tertiary/aromatic N) is 2. The van der Waals surface area contributed by atoms with Crippen LogP contribution in [0.2, 0.25) is 0 Å². The van der Waals surface area contributed by atoms with Crippen LogP contribution in [0, 0.1) is 6.92 Å². The van der Waals surface area contributed by atoms with Crippen molar-refractivity contribution in [1.29, 1.82) is 0 Å². The molecule has 1 amide bonds. The smallest absolute Gasteiger partial charge is 0.257 e. The number of thiazole rings is 1. The third-order valence-corrected chi connectivity index (χ3v) is 9.01. The number of ether oxygens (including phenoxy) is 1. The lowest BCUT2D eigenvalue weighted by molar-refractivity contribution is 0.102. The van der Waals surface area contributed by atoms with Gasteiger partial charge in [0.1, 0.15) is 5.75 Å². The molecule has 7 nitrogen and oxygen atoms in total. The number of hydrogen-bond acceptors (Lipinski definition) is 6. The SMILES string of the molecule is COc1ccc(-c2nc(NC(=O)c3ccc(S(=O)(=O)N(Cc4ccccc4)C(C)(C)C)cc3)sc2C)cc1. The van der Waals surface area contributed by atoms with Gasteiger partial charge in [0.25, 0.3) is 5.91 Å². The highest BCUT2D eigenvalue weighted by Gasteiger charge is 2.34. The van der Waals surface area contributed by atoms with Crippen molar-refractivity contribution in [2.45, 2.75) is 44.7 Å². The Morgan fingerprint density at radius 3 is 2.18 bits per heavy atom. The Labute approximate surface area is 228 Å². The molecule has 0 aliphatic carbocycles. The number of anilines is 1. The molecular formula is C29H31N3O4S2. The molecule has 0 fully saturated rings. The van der Waals surface area contributed by atoms with Crippen molar-refractivity contribution in [2.24, 2.45) is 0 Å². The van der Waals surface area contributed by atoms with E-state index in [1.807, 2.05) is 82.3 Å². The molecule has 198 valence electrons. The summed E-state index contributed by atoms with van der Waals surface area (Å²) >= 11 is 1.38. The van der Waals surface area contributed by atoms with Crippen LogP contribution in [-0.2, 0) is 16.6 Å². The van der Waals surface area contributed by atoms with Crippen molar-refractivity contribution in [3.8, 4) is 17.0 Å². The average Bonchev–Trinajstić information content (AvgIpc) is 3.26. The zero-order chi connectivity index (χ0) is 27.5. The van der Waals surface area contributed by atoms with E-state index >= 15 is 0 Å². The van der Waals surface area contributed by atoms with Gasteiger partial charge < -0.3 is 4.74 Å². The Morgan fingerprint density at radius 1 is 0.974 bits per heavy atom. The number of sulfonamides is 1. The quantitative estimate of drug-likeness (QED) is 0.276. The molecule has 0 unspecified atom stereocenters. The van der Waals surface area contributed by atoms with Gasteiger partial charge in [-0.2, -0.15) is 4.31 Å². The normalized spacial score (nSPS) is 11.9. The van der Waals surface area contributed by atoms with Crippen LogP contribution in [0.1, 0.15) is 41.6 Å². The van der Waals surface area contributed by atoms with Gasteiger partial charge in [-0.05, 0) is 81.8 Å². The predicted molar refractivity (Wildman–Crippen MR) is 152 cm³/mol. The summed E-state index contributed by atoms with van der Waals surface area (Å²) in [5.41, 5.74) is 2.31. The second-order valence-electron chi connectivity index (χ2n) is 9.80. The van der Waals surface area contributed by atoms with Crippen LogP contribution in [0.25, 0.3) is 11.3 Å². The topological polar surface area (TPSA) is 88.6 Å². The number of methoxy groups -OCH3 is 1. The zero-order valence-electron chi connectivity index (χ0n) is 22.1. The van der Waals surface area contributed by atoms with Gasteiger partial charge in [0.15, 0.2) is 5.13 Å². The van der Waals surface area contributed by atoms with Gasteiger partial charge >= 0.3 is 0 Å². The molecule has 0 atom stereocenters. The molecule has 4 rings (SSSR count). The number of rotatable bonds is 8. The Kier molecular flexibility index (Phi) is 8.01. The fraction of sp³-hybridized carbons (Fsp3) is 0.241. The molecule has 1 heterocycles. The molecule has 0 spiro atoms. The maximum atomic E-state index is 13.6. The van der Waals surface area contributed by atoms with Crippen LogP contribution >= 0.6 is 11.3 Å². The monoisotopic (exact) mass is 549 g/mol. The van der Waals surface area contributed by atoms with Crippen LogP contribution in [0.15, 0.2) is 83.8 Å². The van der Waals surface area contributed by atoms with E-state index in [0.29, 0.717) is 10.7 Å². The van der Waals surface area contributed by atoms with Crippen molar-refractivity contribution in [3.05, 3.63) is 94.9 Å². The van der Waals surface area contributed by atoms with Crippen LogP contribution in [0.4, 0.5) is 5.13 Å². The van der Waals surface area contributed by atoms with Crippen molar-refractivity contribution in [1.82, 2.24) is 9.29 Å². The molecule has 3 aromatic carbocycles. The van der Waals surface area contributed by atoms with E-state index in [1.54, 1.807) is 7.11 Å². The highest BCUT2D eigenvalue weighted by molar-refractivity contribution is 7.89. The average molecular weight is 550 g/mol. The molecule has 0 aliphatic rings. The van der Waals surface area contributed by atoms with Gasteiger partial charge in [-0.3, -0.25) is 10.1 Å². The van der Waals surface area contributed by atoms with Crippen LogP contribution in [0.3, 0.4) is 0 Å². The van der Waals surface area contributed by atoms with Gasteiger partial charge in [0.05, 0.1) is 17.7 Å². The van der Waals surface area contributed by atoms with Gasteiger partial charge in [0.2, 0.25) is 10.0 Å². The molecule has 0 aliphatic heterocycles. The molecule has 1 N–H and O–H groups in total. The molecule has 38 heavy (non-hydrogen) atoms. The van der Waals surface area contributed by atoms with Crippen molar-refractivity contribution in [2.75, 3.05) is 12.4 Å². The molecular weight excluding hydrogens is 518 g/mol. The lowest BCUT2D eigenvalue weighted by Gasteiger charge is -2.34. The van der Waals surface area contributed by atoms with Crippen LogP contribution in [0.5, 0.6) is 5.75 Å². The summed E-state index contributed by atoms with van der Waals surface area (Å²) in [5.74, 6) is 0.396. The highest BCUT2D eigenvalue weighted by atomic mass is 32.2. The maximum absolute atomic E-state index is 13.6. The molecule has 0 saturated heterocycles. The number of benzene rings is 3. The summed E-state index contributed by atoms with van der Waals surface area (Å²) in [6.45, 7) is 7.79. The largest absolute Gasteiger partial charge is 0.497 e. The van der Waals surface area contributed by atoms with E-state index in [2.05, 4.69) is 10.3 Å². The summed E-state index contributed by atoms with van der Waals surface area (Å²) in [4.78, 5) is 18.6. The molecule has 1 aromatic heterocycles. The lowest BCUT2D eigenvalue weighted by Crippen LogP contribution is -2.44. The Bertz CT molecular complexity index is 1510. The van der Waals surface area contributed by atoms with Crippen molar-refractivity contribution in [3.63, 3.8) is 0 Å². The minimum atomic E-state index is -3.81. The minimum Gasteiger partial charge on any atom is -0.497 e. The maximum Gasteiger partial charge on any atom is 0.257 e. The van der Waals surface area contributed by atoms with E-state index in [-0.39, 0.29) is 17.3 Å². The Morgan fingerprint density at radius 2 is 1.61 bits per heavy atom. The number of carbonyl (C=O) groups is 1. The van der Waals surface area contributed by atoms with Crippen LogP contribution in [-0.4, -0.2) is 36.3 Å². The second-order valence-corrected chi connectivity index (χ2v) is 12.9. The summed E-state index contributed by atoms with van der Waals surface area (Å²) < 4.78 is 33.8. The number of nitrogens with one attached hydrogen (secondary N) is 1. The Hall–Kier alpha value is -3.53. The predicted octanol–water partition coefficient (Wildman–Crippen LogP) is 6.37. The van der Waals surface area contributed by atoms with Crippen LogP contribution < -0.4 is 10.1 Å². The van der Waals surface area contributed by atoms with Crippen molar-refractivity contribution < 1.29 is 17.9 Å². The van der Waals surface area contributed by atoms with Gasteiger partial charge in [-0.25, -0.2) is 13.4 Å². The summed E-state index contributed by atoms with van der Waals surface area (Å²) in [6, 6.07) is 23.1. The molecule has 4 aromatic rings. The van der Waals surface area contributed by atoms with Gasteiger partial charge in [-0.1, -0.05) is 30.3 Å². The fourth-order valence-electron chi connectivity index (χ4n) is 3.97. The lowest BCUT2D eigenvalue weighted by atomic mass is 10.1. The number of aromatic nitrogens is 1. The van der Waals surface area contributed by atoms with Gasteiger partial charge in [-0.15, -0.1) is 11.3 Å². The summed E-state index contributed by atoms with van der Waals surface area (Å²) in [6.07, 6.45) is 0. The fourth-order valence-corrected chi connectivity index (χ4v) is 6.58. The minimum absolute atomic E-state index is 0.131. The first-order valence-electron chi connectivity index (χ1n) is 12.1. The number of hydrogen-bond donors (Lipinski definition) is 1. The zero-order valence-corrected chi connectivity index (χ0v) is 23.7. The van der Waals surface area contributed by atoms with E-state index < -0.39 is 15.6 Å². The highest BCUT2D eigenvalue weighted by Crippen LogP contribution is 2.32. The van der Waals surface area contributed by atoms with E-state index in [1.165, 1.54) is 39.9 Å². The first-order valence-corrected chi connectivity index (χ1v) is 14.3. The summed E-state index contributed by atoms with van der Waals surface area (Å²) in [7, 11) is -2.20. The molecule has 0 saturated carbocycles. The van der Waals surface area contributed by atoms with Gasteiger partial charge in [0, 0.05) is 28.1 Å². The van der Waals surface area contributed by atoms with E-state index in [4.69, 9.17) is 4.74 Å². The molecule has 0 radical (unpaired) electrons. The number of carbonyl (C=O) groups excluding carboxylic acids is 1. The first-order chi connectivity index (χ1) is 18.0. The molecule has 0 bridgehead atoms. The number of aryl methyl sites for hydroxylation is 1. The third kappa shape index (κ3) is 6.12. The Balaban J connectivity index is 1.51. The standard InChI is InChI=1S/C29H31N3O4S2/c1-20-26(22-11-15-24(36-5)16-12-22)30-28(37-20)31-27(33)23-13-17-25(18-14-23)38(34,35)32(29(2,3)4)19-21-9-7-6-8-10-21/h6-18H,19H2,1-5H3,(H,30,31,33). The summed E-state index contributed by atoms with van der Waals surface area (Å²) in [5, 5.41) is 3.30. The second kappa shape index (κ2) is 11.1. The van der Waals surface area contributed by atoms with E-state index in [9.17, 15) is 13.2 Å². The number of amides is 1. The van der Waals surface area contributed by atoms with E-state index in [0.717, 1.165) is 27.4 Å². The molecule has 9 heteroatoms. The van der Waals surface area contributed by atoms with Crippen molar-refractivity contribution >= 4 is 32.4 Å². The first kappa shape index (κ1) is 27.5.